The Hall–Kier alpha value is -4.28. The van der Waals surface area contributed by atoms with Gasteiger partial charge in [0.05, 0.1) is 17.0 Å². The van der Waals surface area contributed by atoms with Crippen molar-refractivity contribution in [3.8, 4) is 17.3 Å². The van der Waals surface area contributed by atoms with E-state index in [-0.39, 0.29) is 5.91 Å². The first-order chi connectivity index (χ1) is 17.5. The molecule has 1 fully saturated rings. The maximum absolute atomic E-state index is 12.6. The fourth-order valence-corrected chi connectivity index (χ4v) is 4.40. The standard InChI is InChI=1S/C29H30N6O/c1-3-6-26(31)20(2)34-29(36)23-10-8-22(9-11-23)28-25(16-30)15-21(17-33-28)18-35-14-12-24(19-35)27-7-4-5-13-32-27/h3-11,13,15,17,24H,12,14,18-19,31H2,1-2H3,(H,34,36)/b6-3-,26-20-. The van der Waals surface area contributed by atoms with E-state index in [0.29, 0.717) is 34.1 Å². The predicted octanol–water partition coefficient (Wildman–Crippen LogP) is 4.50. The first-order valence-corrected chi connectivity index (χ1v) is 12.0. The Morgan fingerprint density at radius 2 is 2.06 bits per heavy atom. The molecule has 3 N–H and O–H groups in total. The minimum absolute atomic E-state index is 0.245. The van der Waals surface area contributed by atoms with E-state index < -0.39 is 0 Å². The van der Waals surface area contributed by atoms with Crippen molar-refractivity contribution < 1.29 is 4.79 Å². The van der Waals surface area contributed by atoms with Gasteiger partial charge in [-0.3, -0.25) is 19.7 Å². The molecule has 4 rings (SSSR count). The van der Waals surface area contributed by atoms with Crippen molar-refractivity contribution in [3.63, 3.8) is 0 Å². The van der Waals surface area contributed by atoms with Crippen LogP contribution in [0.2, 0.25) is 0 Å². The topological polar surface area (TPSA) is 108 Å². The molecule has 1 atom stereocenters. The van der Waals surface area contributed by atoms with Crippen molar-refractivity contribution in [1.82, 2.24) is 20.2 Å². The van der Waals surface area contributed by atoms with Gasteiger partial charge in [-0.15, -0.1) is 0 Å². The summed E-state index contributed by atoms with van der Waals surface area (Å²) in [6.07, 6.45) is 8.31. The highest BCUT2D eigenvalue weighted by atomic mass is 16.1. The molecular formula is C29H30N6O. The van der Waals surface area contributed by atoms with E-state index in [1.165, 1.54) is 0 Å². The lowest BCUT2D eigenvalue weighted by atomic mass is 10.0. The average Bonchev–Trinajstić information content (AvgIpc) is 3.37. The maximum Gasteiger partial charge on any atom is 0.255 e. The summed E-state index contributed by atoms with van der Waals surface area (Å²) in [5.74, 6) is 0.188. The summed E-state index contributed by atoms with van der Waals surface area (Å²) in [7, 11) is 0. The lowest BCUT2D eigenvalue weighted by Crippen LogP contribution is -2.23. The zero-order valence-corrected chi connectivity index (χ0v) is 20.6. The largest absolute Gasteiger partial charge is 0.397 e. The molecule has 3 heterocycles. The van der Waals surface area contributed by atoms with Crippen LogP contribution in [0.4, 0.5) is 0 Å². The minimum Gasteiger partial charge on any atom is -0.397 e. The van der Waals surface area contributed by atoms with Gasteiger partial charge >= 0.3 is 0 Å². The van der Waals surface area contributed by atoms with Crippen molar-refractivity contribution in [2.75, 3.05) is 13.1 Å². The third kappa shape index (κ3) is 5.85. The van der Waals surface area contributed by atoms with Gasteiger partial charge in [-0.25, -0.2) is 0 Å². The second kappa shape index (κ2) is 11.4. The first kappa shape index (κ1) is 24.8. The molecule has 0 bridgehead atoms. The van der Waals surface area contributed by atoms with Crippen LogP contribution in [0.3, 0.4) is 0 Å². The second-order valence-corrected chi connectivity index (χ2v) is 8.94. The Balaban J connectivity index is 1.44. The number of carbonyl (C=O) groups excluding carboxylic acids is 1. The quantitative estimate of drug-likeness (QED) is 0.484. The Labute approximate surface area is 212 Å². The maximum atomic E-state index is 12.6. The van der Waals surface area contributed by atoms with Gasteiger partial charge in [-0.2, -0.15) is 5.26 Å². The lowest BCUT2D eigenvalue weighted by molar-refractivity contribution is 0.0965. The van der Waals surface area contributed by atoms with Crippen LogP contribution >= 0.6 is 0 Å². The summed E-state index contributed by atoms with van der Waals surface area (Å²) in [4.78, 5) is 24.1. The van der Waals surface area contributed by atoms with E-state index in [4.69, 9.17) is 5.73 Å². The average molecular weight is 479 g/mol. The molecular weight excluding hydrogens is 448 g/mol. The van der Waals surface area contributed by atoms with Crippen LogP contribution in [-0.2, 0) is 6.54 Å². The molecule has 182 valence electrons. The lowest BCUT2D eigenvalue weighted by Gasteiger charge is -2.16. The molecule has 0 spiro atoms. The number of amides is 1. The van der Waals surface area contributed by atoms with Crippen molar-refractivity contribution in [1.29, 1.82) is 5.26 Å². The Morgan fingerprint density at radius 1 is 1.25 bits per heavy atom. The smallest absolute Gasteiger partial charge is 0.255 e. The molecule has 7 nitrogen and oxygen atoms in total. The molecule has 7 heteroatoms. The number of carbonyl (C=O) groups is 1. The minimum atomic E-state index is -0.245. The summed E-state index contributed by atoms with van der Waals surface area (Å²) in [5.41, 5.74) is 11.6. The van der Waals surface area contributed by atoms with Crippen molar-refractivity contribution in [3.05, 3.63) is 107 Å². The molecule has 2 aromatic heterocycles. The third-order valence-electron chi connectivity index (χ3n) is 6.35. The number of hydrogen-bond acceptors (Lipinski definition) is 6. The van der Waals surface area contributed by atoms with E-state index in [1.54, 1.807) is 25.1 Å². The monoisotopic (exact) mass is 478 g/mol. The van der Waals surface area contributed by atoms with E-state index in [0.717, 1.165) is 42.9 Å². The van der Waals surface area contributed by atoms with Crippen LogP contribution in [0.15, 0.2) is 84.5 Å². The highest BCUT2D eigenvalue weighted by molar-refractivity contribution is 5.95. The van der Waals surface area contributed by atoms with Crippen LogP contribution < -0.4 is 11.1 Å². The molecule has 1 saturated heterocycles. The van der Waals surface area contributed by atoms with Gasteiger partial charge < -0.3 is 11.1 Å². The highest BCUT2D eigenvalue weighted by Crippen LogP contribution is 2.28. The number of nitrogens with zero attached hydrogens (tertiary/aromatic N) is 4. The van der Waals surface area contributed by atoms with Gasteiger partial charge in [0.2, 0.25) is 0 Å². The Morgan fingerprint density at radius 3 is 2.75 bits per heavy atom. The molecule has 1 amide bonds. The van der Waals surface area contributed by atoms with Gasteiger partial charge in [-0.1, -0.05) is 24.3 Å². The molecule has 0 aliphatic carbocycles. The second-order valence-electron chi connectivity index (χ2n) is 8.94. The normalized spacial score (nSPS) is 16.5. The van der Waals surface area contributed by atoms with Crippen LogP contribution in [0.25, 0.3) is 11.3 Å². The van der Waals surface area contributed by atoms with E-state index in [2.05, 4.69) is 32.3 Å². The van der Waals surface area contributed by atoms with Gasteiger partial charge in [0, 0.05) is 53.9 Å². The fourth-order valence-electron chi connectivity index (χ4n) is 4.40. The van der Waals surface area contributed by atoms with Gasteiger partial charge in [0.15, 0.2) is 0 Å². The van der Waals surface area contributed by atoms with Gasteiger partial charge in [0.25, 0.3) is 5.91 Å². The number of aromatic nitrogens is 2. The van der Waals surface area contributed by atoms with Gasteiger partial charge in [-0.05, 0) is 68.8 Å². The van der Waals surface area contributed by atoms with Crippen LogP contribution in [0.1, 0.15) is 53.4 Å². The van der Waals surface area contributed by atoms with Gasteiger partial charge in [0.1, 0.15) is 6.07 Å². The van der Waals surface area contributed by atoms with Crippen molar-refractivity contribution >= 4 is 5.91 Å². The SMILES string of the molecule is C/C=C\C(N)=C(/C)NC(=O)c1ccc(-c2ncc(CN3CCC(c4ccccn4)C3)cc2C#N)cc1. The third-order valence-corrected chi connectivity index (χ3v) is 6.35. The molecule has 36 heavy (non-hydrogen) atoms. The molecule has 0 radical (unpaired) electrons. The number of nitrogens with one attached hydrogen (secondary N) is 1. The number of likely N-dealkylation sites (tertiary alicyclic amines) is 1. The Bertz CT molecular complexity index is 1320. The highest BCUT2D eigenvalue weighted by Gasteiger charge is 2.25. The molecule has 0 saturated carbocycles. The van der Waals surface area contributed by atoms with Crippen LogP contribution in [-0.4, -0.2) is 33.9 Å². The summed E-state index contributed by atoms with van der Waals surface area (Å²) >= 11 is 0. The molecule has 1 aromatic carbocycles. The number of benzene rings is 1. The molecule has 1 unspecified atom stereocenters. The van der Waals surface area contributed by atoms with E-state index in [9.17, 15) is 10.1 Å². The summed E-state index contributed by atoms with van der Waals surface area (Å²) in [5, 5.41) is 12.6. The van der Waals surface area contributed by atoms with Crippen LogP contribution in [0.5, 0.6) is 0 Å². The predicted molar refractivity (Wildman–Crippen MR) is 140 cm³/mol. The summed E-state index contributed by atoms with van der Waals surface area (Å²) in [6, 6.07) is 17.3. The number of hydrogen-bond donors (Lipinski definition) is 2. The number of pyridine rings is 2. The van der Waals surface area contributed by atoms with Crippen molar-refractivity contribution in [2.45, 2.75) is 32.7 Å². The van der Waals surface area contributed by atoms with Crippen molar-refractivity contribution in [2.24, 2.45) is 5.73 Å². The Kier molecular flexibility index (Phi) is 7.89. The molecule has 1 aliphatic heterocycles. The summed E-state index contributed by atoms with van der Waals surface area (Å²) < 4.78 is 0. The number of rotatable bonds is 7. The number of nitrogens with two attached hydrogens (primary N) is 1. The summed E-state index contributed by atoms with van der Waals surface area (Å²) in [6.45, 7) is 6.30. The van der Waals surface area contributed by atoms with E-state index in [1.807, 2.05) is 55.7 Å². The number of allylic oxidation sites excluding steroid dienone is 3. The van der Waals surface area contributed by atoms with Crippen LogP contribution in [0, 0.1) is 11.3 Å². The zero-order valence-electron chi connectivity index (χ0n) is 20.6. The van der Waals surface area contributed by atoms with E-state index >= 15 is 0 Å². The molecule has 1 aliphatic rings. The fraction of sp³-hybridized carbons (Fsp3) is 0.241. The number of nitriles is 1. The first-order valence-electron chi connectivity index (χ1n) is 12.0. The molecule has 3 aromatic rings. The zero-order chi connectivity index (χ0) is 25.5.